The lowest BCUT2D eigenvalue weighted by Gasteiger charge is -2.33. The standard InChI is InChI=1S/C16H27ClN4O/c1-11(2)15-14(16(17)20(3)19-15)9-18-8-13-10-21(6-7-22-13)12-4-5-12/h11-13,18H,4-10H2,1-3H3. The largest absolute Gasteiger partial charge is 0.374 e. The third kappa shape index (κ3) is 3.65. The van der Waals surface area contributed by atoms with Crippen LogP contribution in [0, 0.1) is 0 Å². The van der Waals surface area contributed by atoms with Crippen molar-refractivity contribution in [3.05, 3.63) is 16.4 Å². The van der Waals surface area contributed by atoms with Crippen LogP contribution in [0.3, 0.4) is 0 Å². The first-order valence-corrected chi connectivity index (χ1v) is 8.71. The van der Waals surface area contributed by atoms with Gasteiger partial charge in [0.05, 0.1) is 18.4 Å². The third-order valence-corrected chi connectivity index (χ3v) is 5.03. The first kappa shape index (κ1) is 16.2. The highest BCUT2D eigenvalue weighted by atomic mass is 35.5. The van der Waals surface area contributed by atoms with Gasteiger partial charge in [0, 0.05) is 44.8 Å². The molecule has 1 aromatic heterocycles. The van der Waals surface area contributed by atoms with Crippen LogP contribution in [0.25, 0.3) is 0 Å². The van der Waals surface area contributed by atoms with Gasteiger partial charge in [0.1, 0.15) is 5.15 Å². The van der Waals surface area contributed by atoms with Crippen LogP contribution in [0.5, 0.6) is 0 Å². The number of hydrogen-bond donors (Lipinski definition) is 1. The van der Waals surface area contributed by atoms with Crippen LogP contribution in [0.1, 0.15) is 43.9 Å². The molecule has 2 fully saturated rings. The van der Waals surface area contributed by atoms with Crippen LogP contribution in [0.4, 0.5) is 0 Å². The summed E-state index contributed by atoms with van der Waals surface area (Å²) in [7, 11) is 1.90. The summed E-state index contributed by atoms with van der Waals surface area (Å²) < 4.78 is 7.64. The first-order valence-electron chi connectivity index (χ1n) is 8.34. The minimum Gasteiger partial charge on any atom is -0.374 e. The molecule has 6 heteroatoms. The lowest BCUT2D eigenvalue weighted by Crippen LogP contribution is -2.47. The Morgan fingerprint density at radius 3 is 2.86 bits per heavy atom. The molecule has 1 N–H and O–H groups in total. The number of halogens is 1. The van der Waals surface area contributed by atoms with E-state index >= 15 is 0 Å². The maximum absolute atomic E-state index is 6.37. The fourth-order valence-corrected chi connectivity index (χ4v) is 3.39. The van der Waals surface area contributed by atoms with Gasteiger partial charge in [-0.15, -0.1) is 0 Å². The van der Waals surface area contributed by atoms with Gasteiger partial charge in [0.25, 0.3) is 0 Å². The highest BCUT2D eigenvalue weighted by molar-refractivity contribution is 6.30. The zero-order valence-corrected chi connectivity index (χ0v) is 14.6. The zero-order chi connectivity index (χ0) is 15.7. The van der Waals surface area contributed by atoms with E-state index in [1.165, 1.54) is 12.8 Å². The molecule has 1 saturated carbocycles. The molecule has 1 unspecified atom stereocenters. The third-order valence-electron chi connectivity index (χ3n) is 4.55. The van der Waals surface area contributed by atoms with Crippen molar-refractivity contribution in [1.82, 2.24) is 20.0 Å². The average Bonchev–Trinajstić information content (AvgIpc) is 3.30. The van der Waals surface area contributed by atoms with Gasteiger partial charge >= 0.3 is 0 Å². The normalized spacial score (nSPS) is 23.4. The van der Waals surface area contributed by atoms with Crippen LogP contribution < -0.4 is 5.32 Å². The monoisotopic (exact) mass is 326 g/mol. The smallest absolute Gasteiger partial charge is 0.131 e. The molecule has 124 valence electrons. The van der Waals surface area contributed by atoms with Crippen molar-refractivity contribution in [2.24, 2.45) is 7.05 Å². The number of aryl methyl sites for hydroxylation is 1. The molecule has 0 aromatic carbocycles. The summed E-state index contributed by atoms with van der Waals surface area (Å²) in [5.74, 6) is 0.381. The number of nitrogens with zero attached hydrogens (tertiary/aromatic N) is 3. The van der Waals surface area contributed by atoms with E-state index in [0.717, 1.165) is 55.2 Å². The molecule has 0 bridgehead atoms. The highest BCUT2D eigenvalue weighted by Crippen LogP contribution is 2.28. The second-order valence-electron chi connectivity index (χ2n) is 6.78. The van der Waals surface area contributed by atoms with Crippen LogP contribution in [-0.4, -0.2) is 53.1 Å². The summed E-state index contributed by atoms with van der Waals surface area (Å²) in [6.45, 7) is 8.92. The number of morpholine rings is 1. The summed E-state index contributed by atoms with van der Waals surface area (Å²) >= 11 is 6.37. The summed E-state index contributed by atoms with van der Waals surface area (Å²) in [4.78, 5) is 2.58. The minimum atomic E-state index is 0.285. The van der Waals surface area contributed by atoms with Crippen molar-refractivity contribution < 1.29 is 4.74 Å². The van der Waals surface area contributed by atoms with Crippen LogP contribution in [0.2, 0.25) is 5.15 Å². The van der Waals surface area contributed by atoms with E-state index < -0.39 is 0 Å². The Morgan fingerprint density at radius 2 is 2.18 bits per heavy atom. The van der Waals surface area contributed by atoms with Crippen molar-refractivity contribution in [2.75, 3.05) is 26.2 Å². The second-order valence-corrected chi connectivity index (χ2v) is 7.14. The van der Waals surface area contributed by atoms with Crippen LogP contribution >= 0.6 is 11.6 Å². The lowest BCUT2D eigenvalue weighted by molar-refractivity contribution is -0.0301. The molecule has 1 atom stereocenters. The Bertz CT molecular complexity index is 512. The number of ether oxygens (including phenoxy) is 1. The van der Waals surface area contributed by atoms with E-state index in [9.17, 15) is 0 Å². The Morgan fingerprint density at radius 1 is 1.41 bits per heavy atom. The van der Waals surface area contributed by atoms with Crippen molar-refractivity contribution >= 4 is 11.6 Å². The highest BCUT2D eigenvalue weighted by Gasteiger charge is 2.32. The van der Waals surface area contributed by atoms with Gasteiger partial charge in [-0.3, -0.25) is 9.58 Å². The van der Waals surface area contributed by atoms with Gasteiger partial charge in [0.2, 0.25) is 0 Å². The molecule has 1 saturated heterocycles. The van der Waals surface area contributed by atoms with E-state index in [4.69, 9.17) is 16.3 Å². The van der Waals surface area contributed by atoms with Crippen molar-refractivity contribution in [2.45, 2.75) is 51.3 Å². The molecule has 0 amide bonds. The van der Waals surface area contributed by atoms with E-state index in [1.807, 2.05) is 7.05 Å². The molecule has 2 heterocycles. The lowest BCUT2D eigenvalue weighted by atomic mass is 10.1. The van der Waals surface area contributed by atoms with Gasteiger partial charge in [-0.2, -0.15) is 5.10 Å². The molecule has 0 spiro atoms. The summed E-state index contributed by atoms with van der Waals surface area (Å²) in [6, 6.07) is 0.826. The second kappa shape index (κ2) is 6.87. The quantitative estimate of drug-likeness (QED) is 0.870. The molecule has 1 aromatic rings. The molecule has 22 heavy (non-hydrogen) atoms. The number of rotatable bonds is 6. The van der Waals surface area contributed by atoms with Crippen molar-refractivity contribution in [3.8, 4) is 0 Å². The first-order chi connectivity index (χ1) is 10.6. The summed E-state index contributed by atoms with van der Waals surface area (Å²) in [5.41, 5.74) is 2.21. The SMILES string of the molecule is CC(C)c1nn(C)c(Cl)c1CNCC1CN(C2CC2)CCO1. The maximum Gasteiger partial charge on any atom is 0.131 e. The molecular weight excluding hydrogens is 300 g/mol. The Balaban J connectivity index is 1.52. The van der Waals surface area contributed by atoms with Crippen LogP contribution in [-0.2, 0) is 18.3 Å². The molecule has 0 radical (unpaired) electrons. The number of nitrogens with one attached hydrogen (secondary N) is 1. The fourth-order valence-electron chi connectivity index (χ4n) is 3.19. The summed E-state index contributed by atoms with van der Waals surface area (Å²) in [6.07, 6.45) is 3.01. The number of aromatic nitrogens is 2. The van der Waals surface area contributed by atoms with E-state index in [1.54, 1.807) is 4.68 Å². The molecule has 1 aliphatic heterocycles. The van der Waals surface area contributed by atoms with Gasteiger partial charge in [-0.25, -0.2) is 0 Å². The number of hydrogen-bond acceptors (Lipinski definition) is 4. The average molecular weight is 327 g/mol. The Labute approximate surface area is 137 Å². The predicted molar refractivity (Wildman–Crippen MR) is 88.3 cm³/mol. The Hall–Kier alpha value is -0.620. The Kier molecular flexibility index (Phi) is 5.07. The molecule has 1 aliphatic carbocycles. The maximum atomic E-state index is 6.37. The van der Waals surface area contributed by atoms with Crippen molar-refractivity contribution in [3.63, 3.8) is 0 Å². The fraction of sp³-hybridized carbons (Fsp3) is 0.812. The van der Waals surface area contributed by atoms with Gasteiger partial charge in [-0.05, 0) is 18.8 Å². The zero-order valence-electron chi connectivity index (χ0n) is 13.8. The van der Waals surface area contributed by atoms with Gasteiger partial charge in [-0.1, -0.05) is 25.4 Å². The minimum absolute atomic E-state index is 0.285. The van der Waals surface area contributed by atoms with E-state index in [-0.39, 0.29) is 6.10 Å². The molecular formula is C16H27ClN4O. The molecule has 2 aliphatic rings. The topological polar surface area (TPSA) is 42.3 Å². The molecule has 5 nitrogen and oxygen atoms in total. The van der Waals surface area contributed by atoms with Gasteiger partial charge < -0.3 is 10.1 Å². The summed E-state index contributed by atoms with van der Waals surface area (Å²) in [5, 5.41) is 8.77. The van der Waals surface area contributed by atoms with Gasteiger partial charge in [0.15, 0.2) is 0 Å². The van der Waals surface area contributed by atoms with E-state index in [0.29, 0.717) is 5.92 Å². The predicted octanol–water partition coefficient (Wildman–Crippen LogP) is 2.15. The van der Waals surface area contributed by atoms with Crippen molar-refractivity contribution in [1.29, 1.82) is 0 Å². The van der Waals surface area contributed by atoms with E-state index in [2.05, 4.69) is 29.2 Å². The van der Waals surface area contributed by atoms with Crippen LogP contribution in [0.15, 0.2) is 0 Å². The molecule has 3 rings (SSSR count).